The Kier molecular flexibility index (Phi) is 5.21. The molecule has 1 saturated heterocycles. The van der Waals surface area contributed by atoms with Crippen LogP contribution >= 0.6 is 11.8 Å². The zero-order valence-corrected chi connectivity index (χ0v) is 8.20. The van der Waals surface area contributed by atoms with E-state index < -0.39 is 0 Å². The van der Waals surface area contributed by atoms with E-state index in [1.54, 1.807) is 0 Å². The third-order valence-corrected chi connectivity index (χ3v) is 3.24. The first-order chi connectivity index (χ1) is 5.93. The lowest BCUT2D eigenvalue weighted by molar-refractivity contribution is 0.537. The van der Waals surface area contributed by atoms with E-state index in [1.807, 2.05) is 11.8 Å². The van der Waals surface area contributed by atoms with E-state index >= 15 is 0 Å². The number of thioether (sulfide) groups is 1. The van der Waals surface area contributed by atoms with E-state index in [4.69, 9.17) is 5.26 Å². The lowest BCUT2D eigenvalue weighted by Crippen LogP contribution is -2.29. The van der Waals surface area contributed by atoms with Crippen molar-refractivity contribution in [2.45, 2.75) is 31.7 Å². The van der Waals surface area contributed by atoms with Crippen LogP contribution in [-0.2, 0) is 0 Å². The standard InChI is InChI=1S/C9H16N2S/c10-5-2-1-3-6-11-9-4-7-12-8-9/h9,11H,1-4,6-8H2. The summed E-state index contributed by atoms with van der Waals surface area (Å²) >= 11 is 2.04. The maximum absolute atomic E-state index is 8.30. The Morgan fingerprint density at radius 3 is 3.08 bits per heavy atom. The summed E-state index contributed by atoms with van der Waals surface area (Å²) in [5.41, 5.74) is 0. The Bertz CT molecular complexity index is 147. The smallest absolute Gasteiger partial charge is 0.0621 e. The molecule has 2 nitrogen and oxygen atoms in total. The van der Waals surface area contributed by atoms with Crippen LogP contribution in [0.4, 0.5) is 0 Å². The van der Waals surface area contributed by atoms with Gasteiger partial charge in [-0.15, -0.1) is 0 Å². The highest BCUT2D eigenvalue weighted by Gasteiger charge is 2.13. The summed E-state index contributed by atoms with van der Waals surface area (Å²) in [4.78, 5) is 0. The minimum absolute atomic E-state index is 0.709. The molecular weight excluding hydrogens is 168 g/mol. The molecule has 1 atom stereocenters. The molecule has 1 N–H and O–H groups in total. The van der Waals surface area contributed by atoms with Crippen LogP contribution in [0, 0.1) is 11.3 Å². The fraction of sp³-hybridized carbons (Fsp3) is 0.889. The second kappa shape index (κ2) is 6.33. The van der Waals surface area contributed by atoms with Gasteiger partial charge < -0.3 is 5.32 Å². The van der Waals surface area contributed by atoms with Gasteiger partial charge in [-0.3, -0.25) is 0 Å². The van der Waals surface area contributed by atoms with Gasteiger partial charge in [-0.05, 0) is 31.6 Å². The quantitative estimate of drug-likeness (QED) is 0.662. The summed E-state index contributed by atoms with van der Waals surface area (Å²) in [7, 11) is 0. The van der Waals surface area contributed by atoms with Gasteiger partial charge in [-0.2, -0.15) is 17.0 Å². The van der Waals surface area contributed by atoms with Gasteiger partial charge in [0.05, 0.1) is 6.07 Å². The van der Waals surface area contributed by atoms with Gasteiger partial charge >= 0.3 is 0 Å². The third kappa shape index (κ3) is 3.99. The van der Waals surface area contributed by atoms with E-state index in [2.05, 4.69) is 11.4 Å². The fourth-order valence-electron chi connectivity index (χ4n) is 1.33. The lowest BCUT2D eigenvalue weighted by atomic mass is 10.2. The van der Waals surface area contributed by atoms with Crippen LogP contribution in [0.25, 0.3) is 0 Å². The minimum atomic E-state index is 0.709. The molecule has 0 amide bonds. The van der Waals surface area contributed by atoms with Gasteiger partial charge in [0.15, 0.2) is 0 Å². The highest BCUT2D eigenvalue weighted by molar-refractivity contribution is 7.99. The molecule has 1 heterocycles. The van der Waals surface area contributed by atoms with E-state index in [-0.39, 0.29) is 0 Å². The highest BCUT2D eigenvalue weighted by atomic mass is 32.2. The van der Waals surface area contributed by atoms with Crippen molar-refractivity contribution >= 4 is 11.8 Å². The second-order valence-corrected chi connectivity index (χ2v) is 4.28. The summed E-state index contributed by atoms with van der Waals surface area (Å²) in [6.45, 7) is 1.09. The Morgan fingerprint density at radius 1 is 1.50 bits per heavy atom. The monoisotopic (exact) mass is 184 g/mol. The van der Waals surface area contributed by atoms with Crippen molar-refractivity contribution in [3.63, 3.8) is 0 Å². The van der Waals surface area contributed by atoms with Crippen LogP contribution < -0.4 is 5.32 Å². The van der Waals surface area contributed by atoms with Crippen molar-refractivity contribution in [2.24, 2.45) is 0 Å². The number of unbranched alkanes of at least 4 members (excludes halogenated alkanes) is 2. The molecule has 1 aliphatic rings. The van der Waals surface area contributed by atoms with Crippen molar-refractivity contribution in [3.05, 3.63) is 0 Å². The Labute approximate surface area is 78.7 Å². The van der Waals surface area contributed by atoms with E-state index in [0.29, 0.717) is 6.42 Å². The molecule has 1 fully saturated rings. The van der Waals surface area contributed by atoms with E-state index in [1.165, 1.54) is 17.9 Å². The Hall–Kier alpha value is -0.200. The van der Waals surface area contributed by atoms with Crippen molar-refractivity contribution in [1.29, 1.82) is 5.26 Å². The average molecular weight is 184 g/mol. The predicted molar refractivity (Wildman–Crippen MR) is 53.2 cm³/mol. The average Bonchev–Trinajstić information content (AvgIpc) is 2.57. The van der Waals surface area contributed by atoms with Crippen LogP contribution in [0.1, 0.15) is 25.7 Å². The number of nitrogens with zero attached hydrogens (tertiary/aromatic N) is 1. The summed E-state index contributed by atoms with van der Waals surface area (Å²) < 4.78 is 0. The number of rotatable bonds is 5. The van der Waals surface area contributed by atoms with Crippen LogP contribution in [0.2, 0.25) is 0 Å². The van der Waals surface area contributed by atoms with Crippen LogP contribution in [0.5, 0.6) is 0 Å². The molecule has 1 unspecified atom stereocenters. The third-order valence-electron chi connectivity index (χ3n) is 2.08. The number of nitriles is 1. The molecule has 0 aliphatic carbocycles. The van der Waals surface area contributed by atoms with Crippen LogP contribution in [-0.4, -0.2) is 24.1 Å². The first-order valence-electron chi connectivity index (χ1n) is 4.61. The molecule has 3 heteroatoms. The summed E-state index contributed by atoms with van der Waals surface area (Å²) in [6, 6.07) is 2.91. The highest BCUT2D eigenvalue weighted by Crippen LogP contribution is 2.16. The van der Waals surface area contributed by atoms with Gasteiger partial charge in [0.1, 0.15) is 0 Å². The molecule has 0 aromatic carbocycles. The maximum Gasteiger partial charge on any atom is 0.0621 e. The zero-order valence-electron chi connectivity index (χ0n) is 7.38. The zero-order chi connectivity index (χ0) is 8.65. The van der Waals surface area contributed by atoms with Crippen molar-refractivity contribution in [3.8, 4) is 6.07 Å². The fourth-order valence-corrected chi connectivity index (χ4v) is 2.52. The normalized spacial score (nSPS) is 22.4. The summed E-state index contributed by atoms with van der Waals surface area (Å²) in [5.74, 6) is 2.59. The van der Waals surface area contributed by atoms with E-state index in [9.17, 15) is 0 Å². The number of nitrogens with one attached hydrogen (secondary N) is 1. The molecule has 0 radical (unpaired) electrons. The molecular formula is C9H16N2S. The molecule has 0 saturated carbocycles. The van der Waals surface area contributed by atoms with Crippen molar-refractivity contribution in [2.75, 3.05) is 18.1 Å². The molecule has 1 aliphatic heterocycles. The number of hydrogen-bond donors (Lipinski definition) is 1. The second-order valence-electron chi connectivity index (χ2n) is 3.13. The van der Waals surface area contributed by atoms with Gasteiger partial charge in [-0.25, -0.2) is 0 Å². The largest absolute Gasteiger partial charge is 0.313 e. The van der Waals surface area contributed by atoms with Crippen molar-refractivity contribution < 1.29 is 0 Å². The SMILES string of the molecule is N#CCCCCNC1CCSC1. The van der Waals surface area contributed by atoms with Crippen LogP contribution in [0.3, 0.4) is 0 Å². The van der Waals surface area contributed by atoms with Gasteiger partial charge in [0, 0.05) is 18.2 Å². The molecule has 0 bridgehead atoms. The molecule has 0 aromatic rings. The van der Waals surface area contributed by atoms with Crippen LogP contribution in [0.15, 0.2) is 0 Å². The lowest BCUT2D eigenvalue weighted by Gasteiger charge is -2.09. The molecule has 68 valence electrons. The first kappa shape index (κ1) is 9.88. The molecule has 12 heavy (non-hydrogen) atoms. The minimum Gasteiger partial charge on any atom is -0.313 e. The van der Waals surface area contributed by atoms with Gasteiger partial charge in [0.2, 0.25) is 0 Å². The Balaban J connectivity index is 1.85. The van der Waals surface area contributed by atoms with Gasteiger partial charge in [-0.1, -0.05) is 0 Å². The topological polar surface area (TPSA) is 35.8 Å². The molecule has 0 spiro atoms. The van der Waals surface area contributed by atoms with Crippen molar-refractivity contribution in [1.82, 2.24) is 5.32 Å². The maximum atomic E-state index is 8.30. The molecule has 0 aromatic heterocycles. The first-order valence-corrected chi connectivity index (χ1v) is 5.77. The predicted octanol–water partition coefficient (Wildman–Crippen LogP) is 1.78. The van der Waals surface area contributed by atoms with Gasteiger partial charge in [0.25, 0.3) is 0 Å². The van der Waals surface area contributed by atoms with E-state index in [0.717, 1.165) is 25.4 Å². The molecule has 1 rings (SSSR count). The summed E-state index contributed by atoms with van der Waals surface area (Å²) in [5, 5.41) is 11.8. The Morgan fingerprint density at radius 2 is 2.42 bits per heavy atom. The summed E-state index contributed by atoms with van der Waals surface area (Å²) in [6.07, 6.45) is 4.22. The number of hydrogen-bond acceptors (Lipinski definition) is 3.